The summed E-state index contributed by atoms with van der Waals surface area (Å²) in [5.41, 5.74) is 0. The molecule has 1 rings (SSSR count). The first kappa shape index (κ1) is 10.9. The molecular weight excluding hydrogens is 180 g/mol. The first-order valence-electron chi connectivity index (χ1n) is 5.10. The molecular formula is C10H20N2S. The van der Waals surface area contributed by atoms with E-state index >= 15 is 0 Å². The van der Waals surface area contributed by atoms with Crippen molar-refractivity contribution in [2.45, 2.75) is 46.2 Å². The van der Waals surface area contributed by atoms with Crippen LogP contribution in [0.2, 0.25) is 0 Å². The van der Waals surface area contributed by atoms with Crippen LogP contribution in [0.3, 0.4) is 0 Å². The Bertz CT molecular complexity index is 189. The summed E-state index contributed by atoms with van der Waals surface area (Å²) in [5, 5.41) is 4.57. The Labute approximate surface area is 85.6 Å². The molecule has 0 spiro atoms. The molecule has 3 heteroatoms. The predicted molar refractivity (Wildman–Crippen MR) is 61.4 cm³/mol. The van der Waals surface area contributed by atoms with E-state index < -0.39 is 0 Å². The molecule has 2 unspecified atom stereocenters. The van der Waals surface area contributed by atoms with E-state index in [1.165, 1.54) is 0 Å². The lowest BCUT2D eigenvalue weighted by atomic mass is 10.1. The molecule has 0 saturated carbocycles. The van der Waals surface area contributed by atoms with Crippen LogP contribution in [0.25, 0.3) is 0 Å². The summed E-state index contributed by atoms with van der Waals surface area (Å²) < 4.78 is 0. The minimum absolute atomic E-state index is 0.525. The first-order valence-corrected chi connectivity index (χ1v) is 6.09. The highest BCUT2D eigenvalue weighted by Crippen LogP contribution is 2.22. The van der Waals surface area contributed by atoms with E-state index in [0.29, 0.717) is 18.0 Å². The number of nitrogens with zero attached hydrogens (tertiary/aromatic N) is 1. The van der Waals surface area contributed by atoms with Crippen molar-refractivity contribution in [3.63, 3.8) is 0 Å². The van der Waals surface area contributed by atoms with E-state index in [1.54, 1.807) is 0 Å². The molecule has 0 aromatic carbocycles. The summed E-state index contributed by atoms with van der Waals surface area (Å²) in [4.78, 5) is 4.64. The topological polar surface area (TPSA) is 24.4 Å². The summed E-state index contributed by atoms with van der Waals surface area (Å²) in [7, 11) is 0. The molecule has 0 bridgehead atoms. The van der Waals surface area contributed by atoms with Crippen LogP contribution < -0.4 is 5.32 Å². The summed E-state index contributed by atoms with van der Waals surface area (Å²) >= 11 is 1.86. The second-order valence-electron chi connectivity index (χ2n) is 4.01. The monoisotopic (exact) mass is 200 g/mol. The van der Waals surface area contributed by atoms with Gasteiger partial charge in [-0.1, -0.05) is 32.5 Å². The average molecular weight is 200 g/mol. The molecule has 1 heterocycles. The molecule has 0 radical (unpaired) electrons. The number of nitrogens with one attached hydrogen (secondary N) is 1. The van der Waals surface area contributed by atoms with Gasteiger partial charge >= 0.3 is 0 Å². The van der Waals surface area contributed by atoms with Gasteiger partial charge in [-0.3, -0.25) is 4.99 Å². The molecule has 2 atom stereocenters. The molecule has 13 heavy (non-hydrogen) atoms. The van der Waals surface area contributed by atoms with Crippen LogP contribution in [0.4, 0.5) is 0 Å². The summed E-state index contributed by atoms with van der Waals surface area (Å²) in [5.74, 6) is 1.82. The van der Waals surface area contributed by atoms with Crippen LogP contribution in [0.5, 0.6) is 0 Å². The van der Waals surface area contributed by atoms with Crippen LogP contribution in [-0.4, -0.2) is 23.0 Å². The molecule has 0 saturated heterocycles. The standard InChI is InChI=1S/C10H20N2S/c1-5-8(4)11-10-12-9(6-13-10)7(2)3/h7-9H,5-6H2,1-4H3,(H,11,12). The molecule has 1 aliphatic heterocycles. The minimum Gasteiger partial charge on any atom is -0.362 e. The van der Waals surface area contributed by atoms with Gasteiger partial charge < -0.3 is 5.32 Å². The van der Waals surface area contributed by atoms with Crippen molar-refractivity contribution < 1.29 is 0 Å². The van der Waals surface area contributed by atoms with Crippen molar-refractivity contribution in [1.29, 1.82) is 0 Å². The van der Waals surface area contributed by atoms with Gasteiger partial charge in [0.1, 0.15) is 0 Å². The lowest BCUT2D eigenvalue weighted by molar-refractivity contribution is 0.540. The lowest BCUT2D eigenvalue weighted by Gasteiger charge is -2.11. The molecule has 76 valence electrons. The van der Waals surface area contributed by atoms with Gasteiger partial charge in [-0.15, -0.1) is 0 Å². The van der Waals surface area contributed by atoms with Gasteiger partial charge in [-0.05, 0) is 19.3 Å². The fourth-order valence-corrected chi connectivity index (χ4v) is 2.41. The molecule has 1 aliphatic rings. The second kappa shape index (κ2) is 4.89. The summed E-state index contributed by atoms with van der Waals surface area (Å²) in [6.45, 7) is 8.87. The maximum atomic E-state index is 4.64. The number of hydrogen-bond acceptors (Lipinski definition) is 3. The third-order valence-electron chi connectivity index (χ3n) is 2.43. The van der Waals surface area contributed by atoms with Crippen LogP contribution in [0.1, 0.15) is 34.1 Å². The van der Waals surface area contributed by atoms with E-state index in [4.69, 9.17) is 0 Å². The van der Waals surface area contributed by atoms with Crippen molar-refractivity contribution in [3.8, 4) is 0 Å². The zero-order valence-electron chi connectivity index (χ0n) is 9.00. The van der Waals surface area contributed by atoms with Gasteiger partial charge in [-0.25, -0.2) is 0 Å². The Kier molecular flexibility index (Phi) is 4.10. The van der Waals surface area contributed by atoms with Crippen LogP contribution in [-0.2, 0) is 0 Å². The number of hydrogen-bond donors (Lipinski definition) is 1. The van der Waals surface area contributed by atoms with Gasteiger partial charge in [0.25, 0.3) is 0 Å². The van der Waals surface area contributed by atoms with Crippen LogP contribution in [0, 0.1) is 5.92 Å². The van der Waals surface area contributed by atoms with Gasteiger partial charge in [0.15, 0.2) is 5.17 Å². The van der Waals surface area contributed by atoms with Gasteiger partial charge in [0.05, 0.1) is 6.04 Å². The number of amidine groups is 1. The highest BCUT2D eigenvalue weighted by atomic mass is 32.2. The number of aliphatic imine (C=N–C) groups is 1. The fraction of sp³-hybridized carbons (Fsp3) is 0.900. The average Bonchev–Trinajstić information content (AvgIpc) is 2.52. The molecule has 2 nitrogen and oxygen atoms in total. The van der Waals surface area contributed by atoms with Crippen molar-refractivity contribution in [3.05, 3.63) is 0 Å². The minimum atomic E-state index is 0.525. The maximum absolute atomic E-state index is 4.64. The molecule has 1 N–H and O–H groups in total. The van der Waals surface area contributed by atoms with Gasteiger partial charge in [-0.2, -0.15) is 0 Å². The van der Waals surface area contributed by atoms with E-state index in [2.05, 4.69) is 38.0 Å². The van der Waals surface area contributed by atoms with Gasteiger partial charge in [0.2, 0.25) is 0 Å². The molecule has 0 aromatic rings. The van der Waals surface area contributed by atoms with Crippen LogP contribution in [0.15, 0.2) is 4.99 Å². The summed E-state index contributed by atoms with van der Waals surface area (Å²) in [6.07, 6.45) is 1.16. The number of thioether (sulfide) groups is 1. The van der Waals surface area contributed by atoms with E-state index in [-0.39, 0.29) is 0 Å². The zero-order chi connectivity index (χ0) is 9.84. The quantitative estimate of drug-likeness (QED) is 0.757. The van der Waals surface area contributed by atoms with Gasteiger partial charge in [0, 0.05) is 11.8 Å². The van der Waals surface area contributed by atoms with Crippen molar-refractivity contribution >= 4 is 16.9 Å². The molecule has 0 amide bonds. The largest absolute Gasteiger partial charge is 0.362 e. The van der Waals surface area contributed by atoms with Crippen molar-refractivity contribution in [1.82, 2.24) is 5.32 Å². The third kappa shape index (κ3) is 3.22. The molecule has 0 aliphatic carbocycles. The van der Waals surface area contributed by atoms with Crippen molar-refractivity contribution in [2.75, 3.05) is 5.75 Å². The number of rotatable bonds is 3. The Balaban J connectivity index is 2.40. The second-order valence-corrected chi connectivity index (χ2v) is 5.02. The Morgan fingerprint density at radius 1 is 1.54 bits per heavy atom. The maximum Gasteiger partial charge on any atom is 0.157 e. The normalized spacial score (nSPS) is 24.7. The molecule has 0 aromatic heterocycles. The smallest absolute Gasteiger partial charge is 0.157 e. The summed E-state index contributed by atoms with van der Waals surface area (Å²) in [6, 6.07) is 1.08. The highest BCUT2D eigenvalue weighted by molar-refractivity contribution is 8.14. The Morgan fingerprint density at radius 2 is 2.23 bits per heavy atom. The first-order chi connectivity index (χ1) is 6.13. The zero-order valence-corrected chi connectivity index (χ0v) is 9.82. The predicted octanol–water partition coefficient (Wildman–Crippen LogP) is 2.50. The van der Waals surface area contributed by atoms with Crippen molar-refractivity contribution in [2.24, 2.45) is 10.9 Å². The Hall–Kier alpha value is -0.180. The van der Waals surface area contributed by atoms with E-state index in [9.17, 15) is 0 Å². The lowest BCUT2D eigenvalue weighted by Crippen LogP contribution is -2.29. The van der Waals surface area contributed by atoms with E-state index in [1.807, 2.05) is 11.8 Å². The third-order valence-corrected chi connectivity index (χ3v) is 3.43. The van der Waals surface area contributed by atoms with E-state index in [0.717, 1.165) is 17.3 Å². The Morgan fingerprint density at radius 3 is 2.69 bits per heavy atom. The SMILES string of the molecule is CCC(C)NC1=NC(C(C)C)CS1. The highest BCUT2D eigenvalue weighted by Gasteiger charge is 2.21. The fourth-order valence-electron chi connectivity index (χ4n) is 1.12. The van der Waals surface area contributed by atoms with Crippen LogP contribution >= 0.6 is 11.8 Å². The molecule has 0 fully saturated rings.